The standard InChI is InChI=1S/C24H28I2/c1-3-5-15-21(25)23-17-11-7-9-13-19(17)24(22(26)16-6-4-2)20-14-10-8-12-18(20)23/h7-14,21-22H,3-6,15-16H2,1-2H3. The molecule has 3 aromatic carbocycles. The van der Waals surface area contributed by atoms with Gasteiger partial charge in [0.25, 0.3) is 0 Å². The molecule has 0 bridgehead atoms. The number of alkyl halides is 2. The molecule has 138 valence electrons. The summed E-state index contributed by atoms with van der Waals surface area (Å²) in [5.74, 6) is 0. The van der Waals surface area contributed by atoms with Gasteiger partial charge in [-0.25, -0.2) is 0 Å². The molecule has 0 nitrogen and oxygen atoms in total. The van der Waals surface area contributed by atoms with E-state index in [0.29, 0.717) is 7.85 Å². The van der Waals surface area contributed by atoms with Crippen molar-refractivity contribution in [2.45, 2.75) is 60.2 Å². The monoisotopic (exact) mass is 570 g/mol. The second-order valence-electron chi connectivity index (χ2n) is 7.14. The molecule has 0 aliphatic carbocycles. The van der Waals surface area contributed by atoms with Crippen LogP contribution in [-0.4, -0.2) is 0 Å². The molecule has 26 heavy (non-hydrogen) atoms. The quantitative estimate of drug-likeness (QED) is 0.144. The topological polar surface area (TPSA) is 0 Å². The minimum absolute atomic E-state index is 0.569. The van der Waals surface area contributed by atoms with Crippen molar-refractivity contribution < 1.29 is 0 Å². The first-order valence-electron chi connectivity index (χ1n) is 9.90. The Balaban J connectivity index is 2.28. The molecule has 0 saturated heterocycles. The third kappa shape index (κ3) is 4.21. The molecular weight excluding hydrogens is 542 g/mol. The summed E-state index contributed by atoms with van der Waals surface area (Å²) in [7, 11) is 0. The van der Waals surface area contributed by atoms with Crippen LogP contribution in [0.1, 0.15) is 71.3 Å². The van der Waals surface area contributed by atoms with Crippen molar-refractivity contribution in [1.82, 2.24) is 0 Å². The van der Waals surface area contributed by atoms with Crippen molar-refractivity contribution in [1.29, 1.82) is 0 Å². The maximum absolute atomic E-state index is 2.68. The number of unbranched alkanes of at least 4 members (excludes halogenated alkanes) is 2. The van der Waals surface area contributed by atoms with Crippen LogP contribution in [0.4, 0.5) is 0 Å². The van der Waals surface area contributed by atoms with Crippen LogP contribution in [0.5, 0.6) is 0 Å². The Labute approximate surface area is 185 Å². The van der Waals surface area contributed by atoms with E-state index in [1.807, 2.05) is 0 Å². The molecule has 0 aliphatic rings. The van der Waals surface area contributed by atoms with Gasteiger partial charge in [-0.2, -0.15) is 0 Å². The Morgan fingerprint density at radius 3 is 1.19 bits per heavy atom. The smallest absolute Gasteiger partial charge is 0.0371 e. The van der Waals surface area contributed by atoms with Crippen molar-refractivity contribution in [2.24, 2.45) is 0 Å². The van der Waals surface area contributed by atoms with Crippen LogP contribution < -0.4 is 0 Å². The maximum atomic E-state index is 2.68. The molecule has 2 atom stereocenters. The van der Waals surface area contributed by atoms with Gasteiger partial charge in [-0.15, -0.1) is 0 Å². The summed E-state index contributed by atoms with van der Waals surface area (Å²) >= 11 is 5.35. The zero-order valence-corrected chi connectivity index (χ0v) is 20.1. The molecule has 0 radical (unpaired) electrons. The number of rotatable bonds is 8. The Bertz CT molecular complexity index is 740. The second-order valence-corrected chi connectivity index (χ2v) is 10.1. The predicted octanol–water partition coefficient (Wildman–Crippen LogP) is 9.33. The lowest BCUT2D eigenvalue weighted by atomic mass is 9.87. The van der Waals surface area contributed by atoms with E-state index in [9.17, 15) is 0 Å². The summed E-state index contributed by atoms with van der Waals surface area (Å²) < 4.78 is 1.14. The highest BCUT2D eigenvalue weighted by Crippen LogP contribution is 2.45. The number of hydrogen-bond donors (Lipinski definition) is 0. The molecule has 0 heterocycles. The Morgan fingerprint density at radius 2 is 0.923 bits per heavy atom. The zero-order valence-electron chi connectivity index (χ0n) is 15.8. The largest absolute Gasteiger partial charge is 0.0774 e. The summed E-state index contributed by atoms with van der Waals surface area (Å²) in [4.78, 5) is 0. The van der Waals surface area contributed by atoms with E-state index in [-0.39, 0.29) is 0 Å². The molecule has 3 rings (SSSR count). The fourth-order valence-corrected chi connectivity index (χ4v) is 6.15. The van der Waals surface area contributed by atoms with Crippen LogP contribution in [0.25, 0.3) is 21.5 Å². The number of fused-ring (bicyclic) bond motifs is 2. The minimum Gasteiger partial charge on any atom is -0.0774 e. The highest BCUT2D eigenvalue weighted by Gasteiger charge is 2.21. The van der Waals surface area contributed by atoms with Gasteiger partial charge in [-0.3, -0.25) is 0 Å². The van der Waals surface area contributed by atoms with Crippen molar-refractivity contribution in [3.8, 4) is 0 Å². The highest BCUT2D eigenvalue weighted by molar-refractivity contribution is 14.1. The lowest BCUT2D eigenvalue weighted by Gasteiger charge is -2.22. The summed E-state index contributed by atoms with van der Waals surface area (Å²) in [5, 5.41) is 5.87. The molecule has 0 aliphatic heterocycles. The van der Waals surface area contributed by atoms with Gasteiger partial charge < -0.3 is 0 Å². The third-order valence-electron chi connectivity index (χ3n) is 5.26. The lowest BCUT2D eigenvalue weighted by Crippen LogP contribution is -2.00. The SMILES string of the molecule is CCCCC(I)c1c2ccccc2c(C(I)CCCC)c2ccccc12. The molecule has 0 amide bonds. The minimum atomic E-state index is 0.569. The average Bonchev–Trinajstić information content (AvgIpc) is 2.68. The molecule has 3 aromatic rings. The summed E-state index contributed by atoms with van der Waals surface area (Å²) in [6, 6.07) is 18.2. The Kier molecular flexibility index (Phi) is 7.62. The maximum Gasteiger partial charge on any atom is 0.0371 e. The average molecular weight is 570 g/mol. The van der Waals surface area contributed by atoms with E-state index in [1.165, 1.54) is 60.1 Å². The van der Waals surface area contributed by atoms with Crippen molar-refractivity contribution in [3.05, 3.63) is 59.7 Å². The molecular formula is C24H28I2. The van der Waals surface area contributed by atoms with E-state index in [4.69, 9.17) is 0 Å². The first-order valence-corrected chi connectivity index (χ1v) is 12.4. The van der Waals surface area contributed by atoms with Crippen molar-refractivity contribution in [2.75, 3.05) is 0 Å². The normalized spacial score (nSPS) is 14.0. The van der Waals surface area contributed by atoms with Gasteiger partial charge in [0, 0.05) is 7.85 Å². The number of halogens is 2. The summed E-state index contributed by atoms with van der Waals surface area (Å²) in [6.07, 6.45) is 7.63. The van der Waals surface area contributed by atoms with Gasteiger partial charge in [0.15, 0.2) is 0 Å². The Morgan fingerprint density at radius 1 is 0.615 bits per heavy atom. The lowest BCUT2D eigenvalue weighted by molar-refractivity contribution is 0.722. The predicted molar refractivity (Wildman–Crippen MR) is 134 cm³/mol. The first kappa shape index (κ1) is 20.4. The second kappa shape index (κ2) is 9.72. The van der Waals surface area contributed by atoms with Crippen molar-refractivity contribution >= 4 is 66.7 Å². The van der Waals surface area contributed by atoms with Crippen LogP contribution in [-0.2, 0) is 0 Å². The van der Waals surface area contributed by atoms with E-state index in [1.54, 1.807) is 11.1 Å². The molecule has 0 aromatic heterocycles. The van der Waals surface area contributed by atoms with Gasteiger partial charge in [0.05, 0.1) is 0 Å². The molecule has 2 unspecified atom stereocenters. The summed E-state index contributed by atoms with van der Waals surface area (Å²) in [5.41, 5.74) is 3.10. The fraction of sp³-hybridized carbons (Fsp3) is 0.417. The van der Waals surface area contributed by atoms with E-state index in [0.717, 1.165) is 0 Å². The molecule has 2 heteroatoms. The van der Waals surface area contributed by atoms with Gasteiger partial charge in [0.1, 0.15) is 0 Å². The fourth-order valence-electron chi connectivity index (χ4n) is 3.93. The van der Waals surface area contributed by atoms with Gasteiger partial charge >= 0.3 is 0 Å². The van der Waals surface area contributed by atoms with E-state index in [2.05, 4.69) is 108 Å². The van der Waals surface area contributed by atoms with Crippen LogP contribution >= 0.6 is 45.2 Å². The van der Waals surface area contributed by atoms with Crippen LogP contribution in [0.2, 0.25) is 0 Å². The Hall–Kier alpha value is -0.360. The first-order chi connectivity index (χ1) is 12.7. The van der Waals surface area contributed by atoms with E-state index < -0.39 is 0 Å². The van der Waals surface area contributed by atoms with E-state index >= 15 is 0 Å². The van der Waals surface area contributed by atoms with Crippen LogP contribution in [0.3, 0.4) is 0 Å². The van der Waals surface area contributed by atoms with Crippen molar-refractivity contribution in [3.63, 3.8) is 0 Å². The van der Waals surface area contributed by atoms with Gasteiger partial charge in [0.2, 0.25) is 0 Å². The molecule has 0 spiro atoms. The molecule has 0 saturated carbocycles. The van der Waals surface area contributed by atoms with Gasteiger partial charge in [-0.05, 0) is 45.5 Å². The number of hydrogen-bond acceptors (Lipinski definition) is 0. The number of benzene rings is 3. The molecule has 0 N–H and O–H groups in total. The highest BCUT2D eigenvalue weighted by atomic mass is 127. The van der Waals surface area contributed by atoms with Crippen LogP contribution in [0, 0.1) is 0 Å². The summed E-state index contributed by atoms with van der Waals surface area (Å²) in [6.45, 7) is 4.58. The zero-order chi connectivity index (χ0) is 18.5. The molecule has 0 fully saturated rings. The van der Waals surface area contributed by atoms with Crippen LogP contribution in [0.15, 0.2) is 48.5 Å². The third-order valence-corrected chi connectivity index (χ3v) is 7.75. The van der Waals surface area contributed by atoms with Gasteiger partial charge in [-0.1, -0.05) is 133 Å².